The van der Waals surface area contributed by atoms with Gasteiger partial charge in [0.2, 0.25) is 0 Å². The average Bonchev–Trinajstić information content (AvgIpc) is 2.50. The Morgan fingerprint density at radius 1 is 1.40 bits per heavy atom. The first-order chi connectivity index (χ1) is 7.02. The van der Waals surface area contributed by atoms with Gasteiger partial charge in [0.25, 0.3) is 0 Å². The van der Waals surface area contributed by atoms with E-state index in [1.54, 1.807) is 0 Å². The SMILES string of the molecule is Cc1c(Br)ccc2nc(C(C)C)c(N)n12. The zero-order valence-corrected chi connectivity index (χ0v) is 10.7. The lowest BCUT2D eigenvalue weighted by molar-refractivity contribution is 0.837. The standard InChI is InChI=1S/C11H14BrN3/c1-6(2)10-11(13)15-7(3)8(12)4-5-9(15)14-10/h4-6H,13H2,1-3H3. The normalized spacial score (nSPS) is 11.5. The lowest BCUT2D eigenvalue weighted by Gasteiger charge is -2.05. The fourth-order valence-corrected chi connectivity index (χ4v) is 2.04. The quantitative estimate of drug-likeness (QED) is 0.863. The zero-order chi connectivity index (χ0) is 11.2. The Morgan fingerprint density at radius 2 is 2.07 bits per heavy atom. The molecule has 2 heterocycles. The summed E-state index contributed by atoms with van der Waals surface area (Å²) in [5, 5.41) is 0. The van der Waals surface area contributed by atoms with Crippen molar-refractivity contribution in [1.29, 1.82) is 0 Å². The smallest absolute Gasteiger partial charge is 0.138 e. The second kappa shape index (κ2) is 3.52. The van der Waals surface area contributed by atoms with Gasteiger partial charge in [-0.3, -0.25) is 4.40 Å². The number of anilines is 1. The molecule has 0 fully saturated rings. The minimum absolute atomic E-state index is 0.350. The van der Waals surface area contributed by atoms with E-state index in [2.05, 4.69) is 34.8 Å². The van der Waals surface area contributed by atoms with Crippen molar-refractivity contribution in [3.8, 4) is 0 Å². The molecule has 0 unspecified atom stereocenters. The number of imidazole rings is 1. The molecule has 0 aliphatic carbocycles. The molecule has 0 spiro atoms. The first kappa shape index (κ1) is 10.5. The number of hydrogen-bond acceptors (Lipinski definition) is 2. The molecule has 0 bridgehead atoms. The number of aromatic nitrogens is 2. The van der Waals surface area contributed by atoms with Gasteiger partial charge in [-0.05, 0) is 40.9 Å². The Kier molecular flexibility index (Phi) is 2.46. The predicted octanol–water partition coefficient (Wildman–Crippen LogP) is 3.11. The first-order valence-corrected chi connectivity index (χ1v) is 5.74. The predicted molar refractivity (Wildman–Crippen MR) is 66.1 cm³/mol. The van der Waals surface area contributed by atoms with Crippen LogP contribution in [0.5, 0.6) is 0 Å². The van der Waals surface area contributed by atoms with Crippen LogP contribution in [0, 0.1) is 6.92 Å². The third-order valence-electron chi connectivity index (χ3n) is 2.57. The number of nitrogen functional groups attached to an aromatic ring is 1. The van der Waals surface area contributed by atoms with Crippen LogP contribution < -0.4 is 5.73 Å². The van der Waals surface area contributed by atoms with Gasteiger partial charge in [0, 0.05) is 10.2 Å². The molecule has 2 aromatic heterocycles. The molecule has 0 aliphatic rings. The molecule has 0 aliphatic heterocycles. The van der Waals surface area contributed by atoms with Crippen LogP contribution >= 0.6 is 15.9 Å². The van der Waals surface area contributed by atoms with Crippen LogP contribution in [0.15, 0.2) is 16.6 Å². The Balaban J connectivity index is 2.83. The maximum absolute atomic E-state index is 6.09. The van der Waals surface area contributed by atoms with E-state index in [0.29, 0.717) is 5.92 Å². The van der Waals surface area contributed by atoms with Gasteiger partial charge in [0.05, 0.1) is 5.69 Å². The topological polar surface area (TPSA) is 43.3 Å². The number of fused-ring (bicyclic) bond motifs is 1. The number of nitrogens with zero attached hydrogens (tertiary/aromatic N) is 2. The van der Waals surface area contributed by atoms with Gasteiger partial charge >= 0.3 is 0 Å². The number of pyridine rings is 1. The Labute approximate surface area is 97.4 Å². The van der Waals surface area contributed by atoms with E-state index in [1.807, 2.05) is 23.5 Å². The molecule has 2 aromatic rings. The average molecular weight is 268 g/mol. The van der Waals surface area contributed by atoms with E-state index < -0.39 is 0 Å². The van der Waals surface area contributed by atoms with Crippen molar-refractivity contribution in [3.05, 3.63) is 28.0 Å². The molecule has 80 valence electrons. The zero-order valence-electron chi connectivity index (χ0n) is 9.08. The van der Waals surface area contributed by atoms with Crippen LogP contribution in [0.2, 0.25) is 0 Å². The number of nitrogens with two attached hydrogens (primary N) is 1. The number of halogens is 1. The second-order valence-corrected chi connectivity index (χ2v) is 4.85. The molecule has 2 N–H and O–H groups in total. The number of hydrogen-bond donors (Lipinski definition) is 1. The molecule has 0 saturated heterocycles. The van der Waals surface area contributed by atoms with Gasteiger partial charge in [-0.1, -0.05) is 13.8 Å². The van der Waals surface area contributed by atoms with E-state index in [-0.39, 0.29) is 0 Å². The largest absolute Gasteiger partial charge is 0.383 e. The lowest BCUT2D eigenvalue weighted by atomic mass is 10.1. The van der Waals surface area contributed by atoms with Crippen molar-refractivity contribution in [1.82, 2.24) is 9.38 Å². The van der Waals surface area contributed by atoms with Gasteiger partial charge in [0.15, 0.2) is 0 Å². The molecule has 15 heavy (non-hydrogen) atoms. The monoisotopic (exact) mass is 267 g/mol. The van der Waals surface area contributed by atoms with E-state index in [1.165, 1.54) is 0 Å². The molecule has 0 atom stereocenters. The van der Waals surface area contributed by atoms with Gasteiger partial charge in [-0.15, -0.1) is 0 Å². The molecule has 0 aromatic carbocycles. The van der Waals surface area contributed by atoms with Gasteiger partial charge < -0.3 is 5.73 Å². The highest BCUT2D eigenvalue weighted by Gasteiger charge is 2.14. The molecular weight excluding hydrogens is 254 g/mol. The van der Waals surface area contributed by atoms with Crippen LogP contribution in [-0.4, -0.2) is 9.38 Å². The van der Waals surface area contributed by atoms with Crippen molar-refractivity contribution in [2.75, 3.05) is 5.73 Å². The molecule has 4 heteroatoms. The summed E-state index contributed by atoms with van der Waals surface area (Å²) >= 11 is 3.49. The van der Waals surface area contributed by atoms with Crippen LogP contribution in [0.1, 0.15) is 31.2 Å². The summed E-state index contributed by atoms with van der Waals surface area (Å²) in [5.41, 5.74) is 9.06. The highest BCUT2D eigenvalue weighted by molar-refractivity contribution is 9.10. The molecule has 0 amide bonds. The minimum Gasteiger partial charge on any atom is -0.383 e. The minimum atomic E-state index is 0.350. The van der Waals surface area contributed by atoms with Crippen molar-refractivity contribution < 1.29 is 0 Å². The first-order valence-electron chi connectivity index (χ1n) is 4.95. The number of rotatable bonds is 1. The summed E-state index contributed by atoms with van der Waals surface area (Å²) in [6, 6.07) is 3.97. The molecule has 0 radical (unpaired) electrons. The van der Waals surface area contributed by atoms with Gasteiger partial charge in [0.1, 0.15) is 11.5 Å². The molecule has 0 saturated carbocycles. The fraction of sp³-hybridized carbons (Fsp3) is 0.364. The molecular formula is C11H14BrN3. The summed E-state index contributed by atoms with van der Waals surface area (Å²) in [6.07, 6.45) is 0. The molecule has 2 rings (SSSR count). The van der Waals surface area contributed by atoms with Crippen LogP contribution in [0.3, 0.4) is 0 Å². The van der Waals surface area contributed by atoms with Crippen molar-refractivity contribution in [2.45, 2.75) is 26.7 Å². The Bertz CT molecular complexity index is 514. The highest BCUT2D eigenvalue weighted by Crippen LogP contribution is 2.26. The van der Waals surface area contributed by atoms with Gasteiger partial charge in [-0.2, -0.15) is 0 Å². The van der Waals surface area contributed by atoms with Crippen molar-refractivity contribution in [3.63, 3.8) is 0 Å². The number of aryl methyl sites for hydroxylation is 1. The molecule has 3 nitrogen and oxygen atoms in total. The third-order valence-corrected chi connectivity index (χ3v) is 3.41. The van der Waals surface area contributed by atoms with E-state index >= 15 is 0 Å². The Hall–Kier alpha value is -1.03. The van der Waals surface area contributed by atoms with E-state index in [0.717, 1.165) is 27.3 Å². The van der Waals surface area contributed by atoms with Crippen LogP contribution in [0.4, 0.5) is 5.82 Å². The summed E-state index contributed by atoms with van der Waals surface area (Å²) in [7, 11) is 0. The summed E-state index contributed by atoms with van der Waals surface area (Å²) in [5.74, 6) is 1.10. The summed E-state index contributed by atoms with van der Waals surface area (Å²) in [4.78, 5) is 4.53. The van der Waals surface area contributed by atoms with Crippen molar-refractivity contribution >= 4 is 27.4 Å². The van der Waals surface area contributed by atoms with E-state index in [9.17, 15) is 0 Å². The van der Waals surface area contributed by atoms with E-state index in [4.69, 9.17) is 5.73 Å². The lowest BCUT2D eigenvalue weighted by Crippen LogP contribution is -2.00. The highest BCUT2D eigenvalue weighted by atomic mass is 79.9. The maximum Gasteiger partial charge on any atom is 0.138 e. The fourth-order valence-electron chi connectivity index (χ4n) is 1.73. The maximum atomic E-state index is 6.09. The van der Waals surface area contributed by atoms with Crippen LogP contribution in [-0.2, 0) is 0 Å². The van der Waals surface area contributed by atoms with Crippen LogP contribution in [0.25, 0.3) is 5.65 Å². The Morgan fingerprint density at radius 3 is 2.67 bits per heavy atom. The second-order valence-electron chi connectivity index (χ2n) is 4.00. The summed E-state index contributed by atoms with van der Waals surface area (Å²) in [6.45, 7) is 6.23. The van der Waals surface area contributed by atoms with Gasteiger partial charge in [-0.25, -0.2) is 4.98 Å². The third kappa shape index (κ3) is 1.53. The summed E-state index contributed by atoms with van der Waals surface area (Å²) < 4.78 is 3.04. The van der Waals surface area contributed by atoms with Crippen molar-refractivity contribution in [2.24, 2.45) is 0 Å².